The van der Waals surface area contributed by atoms with Gasteiger partial charge in [0.2, 0.25) is 5.91 Å². The summed E-state index contributed by atoms with van der Waals surface area (Å²) in [6, 6.07) is 11.1. The van der Waals surface area contributed by atoms with Crippen molar-refractivity contribution in [1.29, 1.82) is 0 Å². The molecule has 24 heavy (non-hydrogen) atoms. The number of nitrogens with one attached hydrogen (secondary N) is 1. The second-order valence-corrected chi connectivity index (χ2v) is 6.71. The number of anilines is 1. The van der Waals surface area contributed by atoms with E-state index in [0.29, 0.717) is 22.9 Å². The number of nitrogens with zero attached hydrogens (tertiary/aromatic N) is 1. The Bertz CT molecular complexity index is 800. The molecule has 0 fully saturated rings. The standard InChI is InChI=1S/C17H16N2O3S2/c1-21-14-6-3-2-5-13(14)19-16(20)11-23-9-12-10-24-17(18-12)15-7-4-8-22-15/h2-8,10H,9,11H2,1H3,(H,19,20). The van der Waals surface area contributed by atoms with Gasteiger partial charge >= 0.3 is 0 Å². The molecule has 1 aromatic carbocycles. The zero-order valence-electron chi connectivity index (χ0n) is 13.0. The Morgan fingerprint density at radius 1 is 1.33 bits per heavy atom. The molecule has 0 saturated carbocycles. The summed E-state index contributed by atoms with van der Waals surface area (Å²) in [5.74, 6) is 2.39. The third-order valence-electron chi connectivity index (χ3n) is 3.15. The molecule has 1 N–H and O–H groups in total. The molecular formula is C17H16N2O3S2. The van der Waals surface area contributed by atoms with E-state index in [1.54, 1.807) is 13.4 Å². The lowest BCUT2D eigenvalue weighted by molar-refractivity contribution is -0.113. The van der Waals surface area contributed by atoms with Crippen molar-refractivity contribution >= 4 is 34.7 Å². The van der Waals surface area contributed by atoms with Crippen molar-refractivity contribution in [2.24, 2.45) is 0 Å². The number of thiazole rings is 1. The lowest BCUT2D eigenvalue weighted by Crippen LogP contribution is -2.14. The van der Waals surface area contributed by atoms with E-state index in [0.717, 1.165) is 16.5 Å². The van der Waals surface area contributed by atoms with Crippen LogP contribution >= 0.6 is 23.1 Å². The number of methoxy groups -OCH3 is 1. The van der Waals surface area contributed by atoms with Crippen LogP contribution in [0.5, 0.6) is 5.75 Å². The van der Waals surface area contributed by atoms with E-state index in [-0.39, 0.29) is 5.91 Å². The first kappa shape index (κ1) is 16.6. The number of carbonyl (C=O) groups is 1. The monoisotopic (exact) mass is 360 g/mol. The SMILES string of the molecule is COc1ccccc1NC(=O)CSCc1csc(-c2ccco2)n1. The first-order chi connectivity index (χ1) is 11.8. The summed E-state index contributed by atoms with van der Waals surface area (Å²) in [6.45, 7) is 0. The van der Waals surface area contributed by atoms with Gasteiger partial charge in [-0.25, -0.2) is 4.98 Å². The predicted octanol–water partition coefficient (Wildman–Crippen LogP) is 4.28. The third kappa shape index (κ3) is 4.18. The van der Waals surface area contributed by atoms with Gasteiger partial charge < -0.3 is 14.5 Å². The zero-order valence-corrected chi connectivity index (χ0v) is 14.7. The highest BCUT2D eigenvalue weighted by molar-refractivity contribution is 7.99. The molecule has 0 radical (unpaired) electrons. The first-order valence-electron chi connectivity index (χ1n) is 7.25. The smallest absolute Gasteiger partial charge is 0.234 e. The Kier molecular flexibility index (Phi) is 5.55. The molecule has 0 aliphatic rings. The lowest BCUT2D eigenvalue weighted by atomic mass is 10.3. The topological polar surface area (TPSA) is 64.4 Å². The predicted molar refractivity (Wildman–Crippen MR) is 97.6 cm³/mol. The van der Waals surface area contributed by atoms with Crippen LogP contribution in [0.2, 0.25) is 0 Å². The van der Waals surface area contributed by atoms with Crippen LogP contribution in [0.4, 0.5) is 5.69 Å². The van der Waals surface area contributed by atoms with Crippen LogP contribution in [-0.4, -0.2) is 23.8 Å². The summed E-state index contributed by atoms with van der Waals surface area (Å²) in [7, 11) is 1.58. The van der Waals surface area contributed by atoms with E-state index in [9.17, 15) is 4.79 Å². The quantitative estimate of drug-likeness (QED) is 0.681. The van der Waals surface area contributed by atoms with Gasteiger partial charge in [-0.05, 0) is 24.3 Å². The number of thioether (sulfide) groups is 1. The van der Waals surface area contributed by atoms with Gasteiger partial charge in [-0.2, -0.15) is 0 Å². The van der Waals surface area contributed by atoms with Crippen molar-refractivity contribution in [2.45, 2.75) is 5.75 Å². The molecule has 7 heteroatoms. The van der Waals surface area contributed by atoms with Crippen LogP contribution in [0.15, 0.2) is 52.5 Å². The fourth-order valence-electron chi connectivity index (χ4n) is 2.07. The van der Waals surface area contributed by atoms with Crippen LogP contribution in [0, 0.1) is 0 Å². The molecule has 0 unspecified atom stereocenters. The zero-order chi connectivity index (χ0) is 16.8. The van der Waals surface area contributed by atoms with Gasteiger partial charge in [-0.15, -0.1) is 23.1 Å². The van der Waals surface area contributed by atoms with Gasteiger partial charge in [0, 0.05) is 11.1 Å². The number of benzene rings is 1. The molecular weight excluding hydrogens is 344 g/mol. The van der Waals surface area contributed by atoms with Crippen molar-refractivity contribution < 1.29 is 13.9 Å². The molecule has 0 saturated heterocycles. The van der Waals surface area contributed by atoms with Gasteiger partial charge in [0.25, 0.3) is 0 Å². The van der Waals surface area contributed by atoms with E-state index in [4.69, 9.17) is 9.15 Å². The van der Waals surface area contributed by atoms with Crippen LogP contribution in [0.3, 0.4) is 0 Å². The maximum absolute atomic E-state index is 12.0. The van der Waals surface area contributed by atoms with Gasteiger partial charge in [0.15, 0.2) is 10.8 Å². The third-order valence-corrected chi connectivity index (χ3v) is 5.02. The van der Waals surface area contributed by atoms with Crippen molar-refractivity contribution in [2.75, 3.05) is 18.2 Å². The number of carbonyl (C=O) groups excluding carboxylic acids is 1. The number of rotatable bonds is 7. The Labute approximate surface area is 148 Å². The summed E-state index contributed by atoms with van der Waals surface area (Å²) in [6.07, 6.45) is 1.63. The average Bonchev–Trinajstić information content (AvgIpc) is 3.26. The second kappa shape index (κ2) is 8.03. The molecule has 3 rings (SSSR count). The summed E-state index contributed by atoms with van der Waals surface area (Å²) in [4.78, 5) is 16.6. The summed E-state index contributed by atoms with van der Waals surface area (Å²) >= 11 is 3.06. The van der Waals surface area contributed by atoms with Crippen LogP contribution in [0.1, 0.15) is 5.69 Å². The van der Waals surface area contributed by atoms with Crippen LogP contribution in [-0.2, 0) is 10.5 Å². The number of para-hydroxylation sites is 2. The molecule has 0 bridgehead atoms. The Balaban J connectivity index is 1.49. The summed E-state index contributed by atoms with van der Waals surface area (Å²) in [5, 5.41) is 5.70. The highest BCUT2D eigenvalue weighted by Crippen LogP contribution is 2.26. The number of hydrogen-bond donors (Lipinski definition) is 1. The maximum atomic E-state index is 12.0. The molecule has 5 nitrogen and oxygen atoms in total. The van der Waals surface area contributed by atoms with Gasteiger partial charge in [0.1, 0.15) is 5.75 Å². The van der Waals surface area contributed by atoms with E-state index >= 15 is 0 Å². The summed E-state index contributed by atoms with van der Waals surface area (Å²) < 4.78 is 10.5. The average molecular weight is 360 g/mol. The minimum atomic E-state index is -0.0639. The molecule has 2 heterocycles. The first-order valence-corrected chi connectivity index (χ1v) is 9.28. The Morgan fingerprint density at radius 3 is 3.00 bits per heavy atom. The Morgan fingerprint density at radius 2 is 2.21 bits per heavy atom. The fraction of sp³-hybridized carbons (Fsp3) is 0.176. The highest BCUT2D eigenvalue weighted by atomic mass is 32.2. The highest BCUT2D eigenvalue weighted by Gasteiger charge is 2.09. The normalized spacial score (nSPS) is 10.5. The number of ether oxygens (including phenoxy) is 1. The van der Waals surface area contributed by atoms with E-state index in [1.807, 2.05) is 41.8 Å². The molecule has 0 aliphatic heterocycles. The van der Waals surface area contributed by atoms with Gasteiger partial charge in [-0.3, -0.25) is 4.79 Å². The van der Waals surface area contributed by atoms with E-state index in [2.05, 4.69) is 10.3 Å². The van der Waals surface area contributed by atoms with E-state index in [1.165, 1.54) is 23.1 Å². The largest absolute Gasteiger partial charge is 0.495 e. The minimum absolute atomic E-state index is 0.0639. The van der Waals surface area contributed by atoms with Gasteiger partial charge in [-0.1, -0.05) is 12.1 Å². The molecule has 124 valence electrons. The molecule has 1 amide bonds. The van der Waals surface area contributed by atoms with Crippen LogP contribution < -0.4 is 10.1 Å². The number of amides is 1. The number of furan rings is 1. The number of hydrogen-bond acceptors (Lipinski definition) is 6. The van der Waals surface area contributed by atoms with Crippen LogP contribution in [0.25, 0.3) is 10.8 Å². The van der Waals surface area contributed by atoms with Crippen molar-refractivity contribution in [3.63, 3.8) is 0 Å². The number of aromatic nitrogens is 1. The van der Waals surface area contributed by atoms with Crippen molar-refractivity contribution in [1.82, 2.24) is 4.98 Å². The molecule has 2 aromatic heterocycles. The molecule has 0 atom stereocenters. The summed E-state index contributed by atoms with van der Waals surface area (Å²) in [5.41, 5.74) is 1.63. The van der Waals surface area contributed by atoms with Gasteiger partial charge in [0.05, 0.1) is 30.5 Å². The fourth-order valence-corrected chi connectivity index (χ4v) is 3.68. The lowest BCUT2D eigenvalue weighted by Gasteiger charge is -2.09. The van der Waals surface area contributed by atoms with Crippen molar-refractivity contribution in [3.05, 3.63) is 53.7 Å². The molecule has 0 aliphatic carbocycles. The van der Waals surface area contributed by atoms with Crippen molar-refractivity contribution in [3.8, 4) is 16.5 Å². The Hall–Kier alpha value is -2.25. The molecule has 0 spiro atoms. The minimum Gasteiger partial charge on any atom is -0.495 e. The molecule has 3 aromatic rings. The second-order valence-electron chi connectivity index (χ2n) is 4.86. The maximum Gasteiger partial charge on any atom is 0.234 e. The van der Waals surface area contributed by atoms with E-state index < -0.39 is 0 Å².